The van der Waals surface area contributed by atoms with Crippen LogP contribution >= 0.6 is 0 Å². The first-order chi connectivity index (χ1) is 11.0. The van der Waals surface area contributed by atoms with Crippen molar-refractivity contribution in [3.05, 3.63) is 75.1 Å². The maximum atomic E-state index is 11.9. The summed E-state index contributed by atoms with van der Waals surface area (Å²) in [5, 5.41) is 0.871. The molecule has 0 saturated heterocycles. The van der Waals surface area contributed by atoms with Gasteiger partial charge >= 0.3 is 5.63 Å². The molecule has 0 N–H and O–H groups in total. The fourth-order valence-corrected chi connectivity index (χ4v) is 2.76. The summed E-state index contributed by atoms with van der Waals surface area (Å²) in [4.78, 5) is 11.9. The Balaban J connectivity index is 2.14. The molecule has 118 valence electrons. The van der Waals surface area contributed by atoms with Gasteiger partial charge in [0.2, 0.25) is 0 Å². The van der Waals surface area contributed by atoms with E-state index in [2.05, 4.69) is 0 Å². The van der Waals surface area contributed by atoms with Crippen LogP contribution in [0.4, 0.5) is 0 Å². The minimum Gasteiger partial charge on any atom is -0.485 e. The Morgan fingerprint density at radius 1 is 1.00 bits per heavy atom. The van der Waals surface area contributed by atoms with E-state index in [4.69, 9.17) is 9.15 Å². The number of benzene rings is 2. The summed E-state index contributed by atoms with van der Waals surface area (Å²) >= 11 is 0. The molecule has 0 aliphatic heterocycles. The predicted octanol–water partition coefficient (Wildman–Crippen LogP) is 4.86. The highest BCUT2D eigenvalue weighted by Gasteiger charge is 2.16. The van der Waals surface area contributed by atoms with Gasteiger partial charge in [-0.3, -0.25) is 0 Å². The van der Waals surface area contributed by atoms with E-state index >= 15 is 0 Å². The molecule has 3 aromatic rings. The van der Waals surface area contributed by atoms with E-state index < -0.39 is 0 Å². The highest BCUT2D eigenvalue weighted by atomic mass is 16.5. The van der Waals surface area contributed by atoms with Gasteiger partial charge in [0.05, 0.1) is 5.39 Å². The first kappa shape index (κ1) is 15.3. The molecule has 23 heavy (non-hydrogen) atoms. The van der Waals surface area contributed by atoms with Crippen LogP contribution in [-0.2, 0) is 0 Å². The van der Waals surface area contributed by atoms with Crippen LogP contribution in [0.1, 0.15) is 35.3 Å². The number of hydrogen-bond acceptors (Lipinski definition) is 3. The molecular formula is C20H20O3. The van der Waals surface area contributed by atoms with Crippen molar-refractivity contribution in [2.45, 2.75) is 33.8 Å². The molecular weight excluding hydrogens is 288 g/mol. The number of ether oxygens (including phenoxy) is 1. The van der Waals surface area contributed by atoms with Crippen molar-refractivity contribution in [2.24, 2.45) is 0 Å². The second-order valence-corrected chi connectivity index (χ2v) is 5.95. The van der Waals surface area contributed by atoms with Gasteiger partial charge in [-0.15, -0.1) is 0 Å². The Morgan fingerprint density at radius 2 is 1.70 bits per heavy atom. The fourth-order valence-electron chi connectivity index (χ4n) is 2.76. The molecule has 0 saturated carbocycles. The van der Waals surface area contributed by atoms with E-state index in [1.54, 1.807) is 6.92 Å². The number of fused-ring (bicyclic) bond motifs is 1. The standard InChI is InChI=1S/C20H20O3/c1-12-10-17(22-15(4)16-8-6-5-7-9-16)19-13(2)14(3)20(21)23-18(19)11-12/h5-11,15H,1-4H3/t15-/m1/s1. The lowest BCUT2D eigenvalue weighted by molar-refractivity contribution is 0.229. The first-order valence-electron chi connectivity index (χ1n) is 7.73. The van der Waals surface area contributed by atoms with Crippen molar-refractivity contribution in [1.82, 2.24) is 0 Å². The summed E-state index contributed by atoms with van der Waals surface area (Å²) in [5.41, 5.74) is 3.93. The topological polar surface area (TPSA) is 39.4 Å². The SMILES string of the molecule is Cc1cc(O[C@H](C)c2ccccc2)c2c(C)c(C)c(=O)oc2c1. The summed E-state index contributed by atoms with van der Waals surface area (Å²) in [6.07, 6.45) is -0.0900. The van der Waals surface area contributed by atoms with Gasteiger partial charge in [0.15, 0.2) is 0 Å². The summed E-state index contributed by atoms with van der Waals surface area (Å²) in [7, 11) is 0. The van der Waals surface area contributed by atoms with Crippen LogP contribution in [0.2, 0.25) is 0 Å². The van der Waals surface area contributed by atoms with Gasteiger partial charge in [-0.1, -0.05) is 30.3 Å². The Labute approximate surface area is 135 Å². The van der Waals surface area contributed by atoms with Gasteiger partial charge in [-0.2, -0.15) is 0 Å². The maximum absolute atomic E-state index is 11.9. The summed E-state index contributed by atoms with van der Waals surface area (Å²) < 4.78 is 11.7. The van der Waals surface area contributed by atoms with Crippen LogP contribution < -0.4 is 10.4 Å². The quantitative estimate of drug-likeness (QED) is 0.649. The van der Waals surface area contributed by atoms with Crippen molar-refractivity contribution in [3.8, 4) is 5.75 Å². The minimum absolute atomic E-state index is 0.0900. The normalized spacial score (nSPS) is 12.3. The molecule has 0 aliphatic carbocycles. The van der Waals surface area contributed by atoms with Crippen molar-refractivity contribution >= 4 is 11.0 Å². The highest BCUT2D eigenvalue weighted by Crippen LogP contribution is 2.33. The molecule has 1 atom stereocenters. The van der Waals surface area contributed by atoms with Crippen LogP contribution in [0.5, 0.6) is 5.75 Å². The molecule has 1 heterocycles. The van der Waals surface area contributed by atoms with E-state index in [-0.39, 0.29) is 11.7 Å². The van der Waals surface area contributed by atoms with Crippen LogP contribution in [0.25, 0.3) is 11.0 Å². The largest absolute Gasteiger partial charge is 0.485 e. The minimum atomic E-state index is -0.289. The molecule has 0 radical (unpaired) electrons. The summed E-state index contributed by atoms with van der Waals surface area (Å²) in [6.45, 7) is 7.70. The van der Waals surface area contributed by atoms with Crippen molar-refractivity contribution < 1.29 is 9.15 Å². The molecule has 0 amide bonds. The lowest BCUT2D eigenvalue weighted by Gasteiger charge is -2.18. The van der Waals surface area contributed by atoms with Crippen molar-refractivity contribution in [2.75, 3.05) is 0 Å². The number of aryl methyl sites for hydroxylation is 2. The molecule has 0 aliphatic rings. The summed E-state index contributed by atoms with van der Waals surface area (Å²) in [5.74, 6) is 0.751. The zero-order chi connectivity index (χ0) is 16.6. The second kappa shape index (κ2) is 5.92. The first-order valence-corrected chi connectivity index (χ1v) is 7.73. The number of rotatable bonds is 3. The predicted molar refractivity (Wildman–Crippen MR) is 92.2 cm³/mol. The average Bonchev–Trinajstić information content (AvgIpc) is 2.53. The van der Waals surface area contributed by atoms with Crippen molar-refractivity contribution in [1.29, 1.82) is 0 Å². The molecule has 0 spiro atoms. The molecule has 2 aromatic carbocycles. The Kier molecular flexibility index (Phi) is 3.95. The molecule has 0 unspecified atom stereocenters. The van der Waals surface area contributed by atoms with Gasteiger partial charge < -0.3 is 9.15 Å². The molecule has 0 bridgehead atoms. The highest BCUT2D eigenvalue weighted by molar-refractivity contribution is 5.88. The van der Waals surface area contributed by atoms with Gasteiger partial charge in [0.1, 0.15) is 17.4 Å². The van der Waals surface area contributed by atoms with Crippen LogP contribution in [0, 0.1) is 20.8 Å². The number of hydrogen-bond donors (Lipinski definition) is 0. The van der Waals surface area contributed by atoms with E-state index in [1.807, 2.05) is 63.2 Å². The third-order valence-corrected chi connectivity index (χ3v) is 4.23. The van der Waals surface area contributed by atoms with E-state index in [0.29, 0.717) is 11.1 Å². The van der Waals surface area contributed by atoms with Gasteiger partial charge in [-0.05, 0) is 56.5 Å². The van der Waals surface area contributed by atoms with E-state index in [9.17, 15) is 4.79 Å². The van der Waals surface area contributed by atoms with Crippen LogP contribution in [-0.4, -0.2) is 0 Å². The Morgan fingerprint density at radius 3 is 2.39 bits per heavy atom. The van der Waals surface area contributed by atoms with E-state index in [0.717, 1.165) is 27.8 Å². The van der Waals surface area contributed by atoms with Gasteiger partial charge in [-0.25, -0.2) is 4.79 Å². The van der Waals surface area contributed by atoms with Crippen LogP contribution in [0.3, 0.4) is 0 Å². The van der Waals surface area contributed by atoms with Crippen LogP contribution in [0.15, 0.2) is 51.7 Å². The molecule has 3 heteroatoms. The zero-order valence-electron chi connectivity index (χ0n) is 13.8. The summed E-state index contributed by atoms with van der Waals surface area (Å²) in [6, 6.07) is 13.9. The fraction of sp³-hybridized carbons (Fsp3) is 0.250. The zero-order valence-corrected chi connectivity index (χ0v) is 13.8. The Hall–Kier alpha value is -2.55. The molecule has 3 rings (SSSR count). The van der Waals surface area contributed by atoms with Gasteiger partial charge in [0, 0.05) is 5.56 Å². The maximum Gasteiger partial charge on any atom is 0.339 e. The average molecular weight is 308 g/mol. The Bertz CT molecular complexity index is 908. The molecule has 0 fully saturated rings. The van der Waals surface area contributed by atoms with Crippen molar-refractivity contribution in [3.63, 3.8) is 0 Å². The van der Waals surface area contributed by atoms with Gasteiger partial charge in [0.25, 0.3) is 0 Å². The monoisotopic (exact) mass is 308 g/mol. The smallest absolute Gasteiger partial charge is 0.339 e. The van der Waals surface area contributed by atoms with E-state index in [1.165, 1.54) is 0 Å². The molecule has 3 nitrogen and oxygen atoms in total. The third-order valence-electron chi connectivity index (χ3n) is 4.23. The third kappa shape index (κ3) is 2.87. The lowest BCUT2D eigenvalue weighted by atomic mass is 10.0. The molecule has 1 aromatic heterocycles. The second-order valence-electron chi connectivity index (χ2n) is 5.95. The lowest BCUT2D eigenvalue weighted by Crippen LogP contribution is -2.08.